The fraction of sp³-hybridized carbons (Fsp3) is 0.525. The van der Waals surface area contributed by atoms with Crippen LogP contribution in [0, 0.1) is 11.8 Å². The van der Waals surface area contributed by atoms with Crippen molar-refractivity contribution in [2.45, 2.75) is 108 Å². The van der Waals surface area contributed by atoms with Crippen molar-refractivity contribution in [3.8, 4) is 22.9 Å². The van der Waals surface area contributed by atoms with Gasteiger partial charge in [0, 0.05) is 34.0 Å². The van der Waals surface area contributed by atoms with Crippen molar-refractivity contribution < 1.29 is 54.6 Å². The number of carboxylic acids is 1. The summed E-state index contributed by atoms with van der Waals surface area (Å²) in [5.41, 5.74) is -0.666. The number of benzene rings is 2. The average molecular weight is 893 g/mol. The number of aromatic nitrogens is 2. The minimum absolute atomic E-state index is 0.00514. The number of hydrogen-bond acceptors (Lipinski definition) is 7. The van der Waals surface area contributed by atoms with Crippen LogP contribution < -0.4 is 0 Å². The molecule has 1 aliphatic rings. The first-order chi connectivity index (χ1) is 25.7. The Kier molecular flexibility index (Phi) is 15.0. The van der Waals surface area contributed by atoms with Crippen molar-refractivity contribution in [2.75, 3.05) is 13.2 Å². The van der Waals surface area contributed by atoms with Crippen molar-refractivity contribution >= 4 is 28.6 Å². The van der Waals surface area contributed by atoms with E-state index in [2.05, 4.69) is 32.6 Å². The summed E-state index contributed by atoms with van der Waals surface area (Å²) < 4.78 is 101. The Morgan fingerprint density at radius 3 is 1.73 bits per heavy atom. The van der Waals surface area contributed by atoms with Gasteiger partial charge in [0.15, 0.2) is 5.60 Å². The third-order valence-electron chi connectivity index (χ3n) is 9.18. The van der Waals surface area contributed by atoms with E-state index in [9.17, 15) is 36.2 Å². The number of rotatable bonds is 13. The van der Waals surface area contributed by atoms with Crippen molar-refractivity contribution in [3.63, 3.8) is 0 Å². The van der Waals surface area contributed by atoms with Crippen LogP contribution in [0.25, 0.3) is 22.9 Å². The molecule has 15 heteroatoms. The van der Waals surface area contributed by atoms with E-state index in [1.54, 1.807) is 26.0 Å². The fourth-order valence-corrected chi connectivity index (χ4v) is 6.69. The maximum absolute atomic E-state index is 13.1. The summed E-state index contributed by atoms with van der Waals surface area (Å²) in [7, 11) is 0. The van der Waals surface area contributed by atoms with Crippen LogP contribution in [0.5, 0.6) is 0 Å². The topological polar surface area (TPSA) is 108 Å². The number of aliphatic carboxylic acids is 1. The number of alkyl halides is 7. The van der Waals surface area contributed by atoms with E-state index >= 15 is 0 Å². The zero-order valence-corrected chi connectivity index (χ0v) is 33.8. The van der Waals surface area contributed by atoms with Crippen LogP contribution in [-0.2, 0) is 37.7 Å². The molecule has 0 amide bonds. The molecule has 302 valence electrons. The highest BCUT2D eigenvalue weighted by Crippen LogP contribution is 2.36. The molecular formula is C40H47F6IN2O6. The van der Waals surface area contributed by atoms with Crippen LogP contribution in [0.1, 0.15) is 113 Å². The van der Waals surface area contributed by atoms with Gasteiger partial charge >= 0.3 is 18.3 Å². The summed E-state index contributed by atoms with van der Waals surface area (Å²) >= 11 is 2.16. The highest BCUT2D eigenvalue weighted by atomic mass is 127. The predicted octanol–water partition coefficient (Wildman–Crippen LogP) is 12.1. The van der Waals surface area contributed by atoms with Gasteiger partial charge in [-0.25, -0.2) is 14.8 Å². The molecule has 2 heterocycles. The van der Waals surface area contributed by atoms with Crippen LogP contribution in [0.15, 0.2) is 57.4 Å². The Morgan fingerprint density at radius 1 is 0.818 bits per heavy atom. The smallest absolute Gasteiger partial charge is 0.416 e. The molecule has 1 aliphatic carbocycles. The number of ether oxygens (including phenoxy) is 2. The molecule has 1 N–H and O–H groups in total. The van der Waals surface area contributed by atoms with Crippen LogP contribution in [0.2, 0.25) is 0 Å². The molecule has 0 radical (unpaired) electrons. The standard InChI is InChI=1S/C26H34F3NO5.C14H13F3INO/c1-16(2)22-21(30-23(35-22)19-9-6-10-20(12-19)26(27,28)29)15-33-13-17-7-5-8-18(11-17)14-34-25(3,4)24(31)32;1-8(2)12-11(7-18)19-13(20-12)9-4-3-5-10(6-9)14(15,16)17/h6,9-10,12,16-18H,5,7-8,11,13-15H2,1-4H3,(H,31,32);3-6,8H,7H2,1-2H3/t17-,18+;/m1./s1. The van der Waals surface area contributed by atoms with Gasteiger partial charge in [-0.05, 0) is 81.3 Å². The molecule has 55 heavy (non-hydrogen) atoms. The van der Waals surface area contributed by atoms with E-state index in [-0.39, 0.29) is 41.7 Å². The molecular weight excluding hydrogens is 845 g/mol. The molecule has 0 aliphatic heterocycles. The summed E-state index contributed by atoms with van der Waals surface area (Å²) in [6.07, 6.45) is -4.88. The molecule has 0 spiro atoms. The van der Waals surface area contributed by atoms with Crippen molar-refractivity contribution in [3.05, 3.63) is 82.6 Å². The lowest BCUT2D eigenvalue weighted by Crippen LogP contribution is -2.37. The molecule has 2 atom stereocenters. The first-order valence-electron chi connectivity index (χ1n) is 18.0. The van der Waals surface area contributed by atoms with Gasteiger partial charge in [-0.2, -0.15) is 26.3 Å². The highest BCUT2D eigenvalue weighted by molar-refractivity contribution is 14.1. The van der Waals surface area contributed by atoms with Gasteiger partial charge in [0.1, 0.15) is 17.2 Å². The van der Waals surface area contributed by atoms with Gasteiger partial charge in [0.05, 0.1) is 30.0 Å². The number of halogens is 7. The average Bonchev–Trinajstić information content (AvgIpc) is 3.76. The second kappa shape index (κ2) is 18.7. The lowest BCUT2D eigenvalue weighted by atomic mass is 9.82. The SMILES string of the molecule is CC(C)c1oc(-c2cccc(C(F)(F)F)c2)nc1CI.CC(C)c1oc(-c2cccc(C(F)(F)F)c2)nc1COC[C@@H]1CCC[C@H](COC(C)(C)C(=O)O)C1. The quantitative estimate of drug-likeness (QED) is 0.0803. The molecule has 2 aromatic heterocycles. The summed E-state index contributed by atoms with van der Waals surface area (Å²) in [5, 5.41) is 9.22. The Morgan fingerprint density at radius 2 is 1.29 bits per heavy atom. The largest absolute Gasteiger partial charge is 0.479 e. The van der Waals surface area contributed by atoms with Gasteiger partial charge in [0.25, 0.3) is 0 Å². The van der Waals surface area contributed by atoms with E-state index in [0.717, 1.165) is 61.4 Å². The van der Waals surface area contributed by atoms with E-state index in [1.807, 2.05) is 27.7 Å². The molecule has 4 aromatic rings. The van der Waals surface area contributed by atoms with Crippen molar-refractivity contribution in [1.82, 2.24) is 9.97 Å². The Balaban J connectivity index is 0.000000284. The highest BCUT2D eigenvalue weighted by Gasteiger charge is 2.33. The Bertz CT molecular complexity index is 1870. The monoisotopic (exact) mass is 892 g/mol. The second-order valence-corrected chi connectivity index (χ2v) is 15.6. The normalized spacial score (nSPS) is 16.7. The van der Waals surface area contributed by atoms with Gasteiger partial charge in [-0.3, -0.25) is 0 Å². The summed E-state index contributed by atoms with van der Waals surface area (Å²) in [5.74, 6) is 1.48. The van der Waals surface area contributed by atoms with E-state index < -0.39 is 35.0 Å². The number of oxazole rings is 2. The maximum atomic E-state index is 13.1. The van der Waals surface area contributed by atoms with Crippen LogP contribution in [-0.4, -0.2) is 39.9 Å². The van der Waals surface area contributed by atoms with Crippen molar-refractivity contribution in [1.29, 1.82) is 0 Å². The number of nitrogens with zero attached hydrogens (tertiary/aromatic N) is 2. The lowest BCUT2D eigenvalue weighted by Gasteiger charge is -2.31. The van der Waals surface area contributed by atoms with E-state index in [0.29, 0.717) is 40.6 Å². The van der Waals surface area contributed by atoms with E-state index in [4.69, 9.17) is 18.3 Å². The number of carbonyl (C=O) groups is 1. The third kappa shape index (κ3) is 12.3. The minimum Gasteiger partial charge on any atom is -0.479 e. The van der Waals surface area contributed by atoms with Gasteiger partial charge in [0.2, 0.25) is 11.8 Å². The third-order valence-corrected chi connectivity index (χ3v) is 9.91. The van der Waals surface area contributed by atoms with Gasteiger partial charge in [-0.1, -0.05) is 68.8 Å². The zero-order chi connectivity index (χ0) is 40.7. The first-order valence-corrected chi connectivity index (χ1v) is 19.6. The minimum atomic E-state index is -4.44. The lowest BCUT2D eigenvalue weighted by molar-refractivity contribution is -0.163. The van der Waals surface area contributed by atoms with Crippen LogP contribution in [0.4, 0.5) is 26.3 Å². The van der Waals surface area contributed by atoms with Gasteiger partial charge in [-0.15, -0.1) is 0 Å². The molecule has 5 rings (SSSR count). The molecule has 1 saturated carbocycles. The molecule has 1 fully saturated rings. The summed E-state index contributed by atoms with van der Waals surface area (Å²) in [4.78, 5) is 20.0. The molecule has 0 bridgehead atoms. The van der Waals surface area contributed by atoms with Gasteiger partial charge < -0.3 is 23.4 Å². The molecule has 0 unspecified atom stereocenters. The first kappa shape index (κ1) is 44.3. The summed E-state index contributed by atoms with van der Waals surface area (Å²) in [6.45, 7) is 12.0. The Labute approximate surface area is 330 Å². The van der Waals surface area contributed by atoms with Crippen molar-refractivity contribution in [2.24, 2.45) is 11.8 Å². The zero-order valence-electron chi connectivity index (χ0n) is 31.6. The predicted molar refractivity (Wildman–Crippen MR) is 203 cm³/mol. The molecule has 2 aromatic carbocycles. The number of hydrogen-bond donors (Lipinski definition) is 1. The van der Waals surface area contributed by atoms with Crippen LogP contribution in [0.3, 0.4) is 0 Å². The van der Waals surface area contributed by atoms with E-state index in [1.165, 1.54) is 12.1 Å². The number of carboxylic acid groups (broad SMARTS) is 1. The van der Waals surface area contributed by atoms with Crippen LogP contribution >= 0.6 is 22.6 Å². The molecule has 0 saturated heterocycles. The maximum Gasteiger partial charge on any atom is 0.416 e. The molecule has 8 nitrogen and oxygen atoms in total. The Hall–Kier alpha value is -3.44. The fourth-order valence-electron chi connectivity index (χ4n) is 6.15. The second-order valence-electron chi connectivity index (χ2n) is 14.8. The summed E-state index contributed by atoms with van der Waals surface area (Å²) in [6, 6.07) is 9.98.